The fourth-order valence-corrected chi connectivity index (χ4v) is 8.02. The third kappa shape index (κ3) is 6.69. The maximum absolute atomic E-state index is 13.9. The molecule has 2 heterocycles. The number of ether oxygens (including phenoxy) is 3. The summed E-state index contributed by atoms with van der Waals surface area (Å²) in [6.45, 7) is 4.37. The first-order valence-corrected chi connectivity index (χ1v) is 16.8. The Hall–Kier alpha value is -3.30. The van der Waals surface area contributed by atoms with E-state index in [-0.39, 0.29) is 11.5 Å². The molecule has 0 fully saturated rings. The number of carbonyl (C=O) groups is 2. The zero-order valence-corrected chi connectivity index (χ0v) is 29.3. The van der Waals surface area contributed by atoms with Crippen molar-refractivity contribution in [2.75, 3.05) is 13.7 Å². The van der Waals surface area contributed by atoms with Crippen molar-refractivity contribution >= 4 is 74.5 Å². The van der Waals surface area contributed by atoms with E-state index in [9.17, 15) is 14.4 Å². The van der Waals surface area contributed by atoms with Crippen LogP contribution in [0.25, 0.3) is 6.08 Å². The summed E-state index contributed by atoms with van der Waals surface area (Å²) in [5.41, 5.74) is 3.83. The van der Waals surface area contributed by atoms with E-state index >= 15 is 0 Å². The van der Waals surface area contributed by atoms with Crippen LogP contribution in [0, 0.1) is 7.14 Å². The number of esters is 2. The lowest BCUT2D eigenvalue weighted by Gasteiger charge is -2.25. The number of halogens is 2. The number of rotatable bonds is 9. The van der Waals surface area contributed by atoms with Gasteiger partial charge in [-0.2, -0.15) is 0 Å². The molecular formula is C33H28I2N2O6S. The molecule has 0 unspecified atom stereocenters. The summed E-state index contributed by atoms with van der Waals surface area (Å²) in [7, 11) is 1.34. The molecule has 5 rings (SSSR count). The van der Waals surface area contributed by atoms with Crippen LogP contribution >= 0.6 is 56.5 Å². The first-order valence-electron chi connectivity index (χ1n) is 13.8. The highest BCUT2D eigenvalue weighted by Gasteiger charge is 2.33. The fourth-order valence-electron chi connectivity index (χ4n) is 4.87. The second-order valence-electron chi connectivity index (χ2n) is 9.72. The summed E-state index contributed by atoms with van der Waals surface area (Å²) in [5, 5.41) is 0. The van der Waals surface area contributed by atoms with Crippen molar-refractivity contribution in [3.8, 4) is 5.75 Å². The van der Waals surface area contributed by atoms with Gasteiger partial charge in [0, 0.05) is 0 Å². The van der Waals surface area contributed by atoms with Crippen LogP contribution in [0.1, 0.15) is 53.4 Å². The van der Waals surface area contributed by atoms with Crippen LogP contribution in [0.15, 0.2) is 87.8 Å². The molecule has 0 N–H and O–H groups in total. The number of thiazole rings is 1. The highest BCUT2D eigenvalue weighted by atomic mass is 127. The van der Waals surface area contributed by atoms with E-state index in [1.165, 1.54) is 18.4 Å². The van der Waals surface area contributed by atoms with Crippen molar-refractivity contribution in [1.82, 2.24) is 4.57 Å². The molecule has 0 saturated heterocycles. The number of aromatic nitrogens is 1. The Bertz CT molecular complexity index is 1910. The molecule has 3 aromatic carbocycles. The summed E-state index contributed by atoms with van der Waals surface area (Å²) in [6, 6.07) is 19.9. The van der Waals surface area contributed by atoms with Gasteiger partial charge >= 0.3 is 11.9 Å². The van der Waals surface area contributed by atoms with Gasteiger partial charge in [-0.15, -0.1) is 0 Å². The van der Waals surface area contributed by atoms with Crippen molar-refractivity contribution in [1.29, 1.82) is 0 Å². The Labute approximate surface area is 285 Å². The van der Waals surface area contributed by atoms with Crippen LogP contribution in [0.2, 0.25) is 0 Å². The Balaban J connectivity index is 1.47. The number of fused-ring (bicyclic) bond motifs is 1. The zero-order valence-electron chi connectivity index (χ0n) is 24.1. The van der Waals surface area contributed by atoms with Gasteiger partial charge < -0.3 is 14.2 Å². The van der Waals surface area contributed by atoms with E-state index < -0.39 is 12.0 Å². The molecule has 1 aliphatic rings. The normalized spacial score (nSPS) is 14.6. The van der Waals surface area contributed by atoms with Gasteiger partial charge in [0.1, 0.15) is 12.4 Å². The van der Waals surface area contributed by atoms with Crippen LogP contribution in [0.4, 0.5) is 0 Å². The second-order valence-corrected chi connectivity index (χ2v) is 13.1. The number of nitrogens with zero attached hydrogens (tertiary/aromatic N) is 2. The summed E-state index contributed by atoms with van der Waals surface area (Å²) < 4.78 is 20.2. The standard InChI is InChI=1S/C33H28I2N2O6S/c1-4-25-27(32(40)41-3)28(21-9-7-6-8-10-21)37-30(38)26(44-33(37)36-25)17-20-15-23(34)29(24(35)16-20)43-18-19-11-13-22(14-12-19)31(39)42-5-2/h6-17,28H,4-5,18H2,1-3H3/b26-17+/t28-/m1/s1. The van der Waals surface area contributed by atoms with Gasteiger partial charge in [0.2, 0.25) is 0 Å². The van der Waals surface area contributed by atoms with Crippen LogP contribution in [-0.4, -0.2) is 30.2 Å². The first kappa shape index (κ1) is 32.1. The van der Waals surface area contributed by atoms with Crippen LogP contribution in [0.5, 0.6) is 5.75 Å². The lowest BCUT2D eigenvalue weighted by Crippen LogP contribution is -2.40. The molecule has 0 radical (unpaired) electrons. The maximum Gasteiger partial charge on any atom is 0.338 e. The lowest BCUT2D eigenvalue weighted by molar-refractivity contribution is -0.136. The van der Waals surface area contributed by atoms with E-state index in [0.717, 1.165) is 29.6 Å². The molecule has 1 atom stereocenters. The molecule has 0 aliphatic carbocycles. The Morgan fingerprint density at radius 1 is 1.00 bits per heavy atom. The average Bonchev–Trinajstić information content (AvgIpc) is 3.34. The van der Waals surface area contributed by atoms with Crippen LogP contribution in [0.3, 0.4) is 0 Å². The van der Waals surface area contributed by atoms with E-state index in [1.807, 2.05) is 67.6 Å². The summed E-state index contributed by atoms with van der Waals surface area (Å²) in [6.07, 6.45) is 2.37. The fraction of sp³-hybridized carbons (Fsp3) is 0.212. The van der Waals surface area contributed by atoms with Crippen molar-refractivity contribution in [3.63, 3.8) is 0 Å². The van der Waals surface area contributed by atoms with Gasteiger partial charge in [-0.25, -0.2) is 14.6 Å². The summed E-state index contributed by atoms with van der Waals surface area (Å²) >= 11 is 5.76. The van der Waals surface area contributed by atoms with Crippen LogP contribution < -0.4 is 19.6 Å². The number of methoxy groups -OCH3 is 1. The molecular weight excluding hydrogens is 806 g/mol. The number of benzene rings is 3. The molecule has 0 bridgehead atoms. The Morgan fingerprint density at radius 3 is 2.30 bits per heavy atom. The minimum Gasteiger partial charge on any atom is -0.487 e. The molecule has 0 amide bonds. The minimum atomic E-state index is -0.639. The zero-order chi connectivity index (χ0) is 31.4. The first-order chi connectivity index (χ1) is 21.2. The Kier molecular flexibility index (Phi) is 10.4. The molecule has 8 nitrogen and oxygen atoms in total. The molecule has 0 saturated carbocycles. The van der Waals surface area contributed by atoms with E-state index in [0.29, 0.717) is 45.8 Å². The molecule has 1 aromatic heterocycles. The Morgan fingerprint density at radius 2 is 1.68 bits per heavy atom. The van der Waals surface area contributed by atoms with E-state index in [1.54, 1.807) is 23.6 Å². The smallest absolute Gasteiger partial charge is 0.338 e. The van der Waals surface area contributed by atoms with Crippen molar-refractivity contribution in [2.24, 2.45) is 4.99 Å². The molecule has 11 heteroatoms. The second kappa shape index (κ2) is 14.2. The SMILES string of the molecule is CCOC(=O)c1ccc(COc2c(I)cc(/C=c3/sc4n(c3=O)[C@H](c3ccccc3)C(C(=O)OC)=C(CC)N=4)cc2I)cc1. The number of hydrogen-bond donors (Lipinski definition) is 0. The van der Waals surface area contributed by atoms with Crippen molar-refractivity contribution in [2.45, 2.75) is 32.9 Å². The summed E-state index contributed by atoms with van der Waals surface area (Å²) in [5.74, 6) is -0.112. The molecule has 1 aliphatic heterocycles. The van der Waals surface area contributed by atoms with Gasteiger partial charge in [-0.05, 0) is 106 Å². The monoisotopic (exact) mass is 834 g/mol. The van der Waals surface area contributed by atoms with Crippen molar-refractivity contribution < 1.29 is 23.8 Å². The molecule has 4 aromatic rings. The lowest BCUT2D eigenvalue weighted by atomic mass is 9.95. The van der Waals surface area contributed by atoms with Gasteiger partial charge in [0.25, 0.3) is 5.56 Å². The predicted molar refractivity (Wildman–Crippen MR) is 185 cm³/mol. The van der Waals surface area contributed by atoms with Gasteiger partial charge in [0.15, 0.2) is 4.80 Å². The topological polar surface area (TPSA) is 96.2 Å². The number of hydrogen-bond acceptors (Lipinski definition) is 8. The average molecular weight is 834 g/mol. The maximum atomic E-state index is 13.9. The van der Waals surface area contributed by atoms with Gasteiger partial charge in [-0.1, -0.05) is 60.7 Å². The number of carbonyl (C=O) groups excluding carboxylic acids is 2. The minimum absolute atomic E-state index is 0.226. The van der Waals surface area contributed by atoms with E-state index in [4.69, 9.17) is 19.2 Å². The summed E-state index contributed by atoms with van der Waals surface area (Å²) in [4.78, 5) is 44.1. The quantitative estimate of drug-likeness (QED) is 0.157. The third-order valence-corrected chi connectivity index (χ3v) is 9.52. The van der Waals surface area contributed by atoms with Crippen LogP contribution in [-0.2, 0) is 20.9 Å². The van der Waals surface area contributed by atoms with E-state index in [2.05, 4.69) is 45.2 Å². The van der Waals surface area contributed by atoms with Gasteiger partial charge in [-0.3, -0.25) is 9.36 Å². The largest absolute Gasteiger partial charge is 0.487 e. The highest BCUT2D eigenvalue weighted by molar-refractivity contribution is 14.1. The molecule has 44 heavy (non-hydrogen) atoms. The third-order valence-electron chi connectivity index (χ3n) is 6.93. The number of allylic oxidation sites excluding steroid dienone is 1. The molecule has 226 valence electrons. The van der Waals surface area contributed by atoms with Crippen molar-refractivity contribution in [3.05, 3.63) is 127 Å². The predicted octanol–water partition coefficient (Wildman–Crippen LogP) is 5.76. The van der Waals surface area contributed by atoms with Gasteiger partial charge in [0.05, 0.1) is 48.3 Å². The highest BCUT2D eigenvalue weighted by Crippen LogP contribution is 2.32. The molecule has 0 spiro atoms.